The molecule has 3 heteroatoms. The number of ether oxygens (including phenoxy) is 1. The van der Waals surface area contributed by atoms with E-state index in [4.69, 9.17) is 4.74 Å². The zero-order chi connectivity index (χ0) is 8.81. The fourth-order valence-electron chi connectivity index (χ4n) is 0.890. The van der Waals surface area contributed by atoms with E-state index < -0.39 is 0 Å². The molecule has 0 unspecified atom stereocenters. The maximum absolute atomic E-state index is 10.9. The summed E-state index contributed by atoms with van der Waals surface area (Å²) in [5, 5.41) is 2.08. The number of hydrogen-bond acceptors (Lipinski definition) is 3. The molecule has 0 fully saturated rings. The molecular formula is C9H12O2S. The van der Waals surface area contributed by atoms with Crippen LogP contribution >= 0.6 is 11.8 Å². The second-order valence-electron chi connectivity index (χ2n) is 2.40. The van der Waals surface area contributed by atoms with Crippen LogP contribution in [0.5, 0.6) is 0 Å². The molecule has 0 aliphatic carbocycles. The Hall–Kier alpha value is -0.700. The van der Waals surface area contributed by atoms with Crippen molar-refractivity contribution < 1.29 is 9.53 Å². The van der Waals surface area contributed by atoms with Gasteiger partial charge in [0.2, 0.25) is 0 Å². The van der Waals surface area contributed by atoms with Gasteiger partial charge in [-0.1, -0.05) is 6.08 Å². The first-order valence-corrected chi connectivity index (χ1v) is 5.03. The number of allylic oxidation sites excluding steroid dienone is 2. The van der Waals surface area contributed by atoms with E-state index in [1.54, 1.807) is 18.7 Å². The number of carbonyl (C=O) groups is 1. The van der Waals surface area contributed by atoms with Crippen LogP contribution in [0.1, 0.15) is 13.3 Å². The van der Waals surface area contributed by atoms with E-state index in [1.165, 1.54) is 11.6 Å². The van der Waals surface area contributed by atoms with Crippen molar-refractivity contribution in [2.45, 2.75) is 13.3 Å². The van der Waals surface area contributed by atoms with Crippen molar-refractivity contribution in [2.24, 2.45) is 0 Å². The third-order valence-corrected chi connectivity index (χ3v) is 2.37. The molecule has 1 rings (SSSR count). The van der Waals surface area contributed by atoms with Crippen LogP contribution in [0.15, 0.2) is 23.1 Å². The number of hydrogen-bond donors (Lipinski definition) is 0. The lowest BCUT2D eigenvalue weighted by Crippen LogP contribution is -1.98. The average Bonchev–Trinajstić information content (AvgIpc) is 2.53. The van der Waals surface area contributed by atoms with E-state index in [1.807, 2.05) is 6.08 Å². The Kier molecular flexibility index (Phi) is 3.94. The SMILES string of the molecule is CCOC(=O)/C=C/C1=CSCC1. The molecule has 66 valence electrons. The first-order chi connectivity index (χ1) is 5.83. The first kappa shape index (κ1) is 9.39. The molecule has 1 heterocycles. The quantitative estimate of drug-likeness (QED) is 0.496. The lowest BCUT2D eigenvalue weighted by atomic mass is 10.2. The molecule has 0 amide bonds. The molecule has 12 heavy (non-hydrogen) atoms. The summed E-state index contributed by atoms with van der Waals surface area (Å²) >= 11 is 1.78. The van der Waals surface area contributed by atoms with Crippen LogP contribution in [0.3, 0.4) is 0 Å². The monoisotopic (exact) mass is 184 g/mol. The van der Waals surface area contributed by atoms with Gasteiger partial charge in [-0.15, -0.1) is 11.8 Å². The summed E-state index contributed by atoms with van der Waals surface area (Å²) in [7, 11) is 0. The second kappa shape index (κ2) is 5.04. The van der Waals surface area contributed by atoms with Gasteiger partial charge >= 0.3 is 5.97 Å². The van der Waals surface area contributed by atoms with Crippen LogP contribution in [0.4, 0.5) is 0 Å². The Balaban J connectivity index is 2.33. The average molecular weight is 184 g/mol. The lowest BCUT2D eigenvalue weighted by molar-refractivity contribution is -0.137. The highest BCUT2D eigenvalue weighted by molar-refractivity contribution is 8.02. The van der Waals surface area contributed by atoms with Crippen LogP contribution in [0.25, 0.3) is 0 Å². The Labute approximate surface area is 76.7 Å². The third-order valence-electron chi connectivity index (χ3n) is 1.46. The van der Waals surface area contributed by atoms with Gasteiger partial charge in [0.1, 0.15) is 0 Å². The summed E-state index contributed by atoms with van der Waals surface area (Å²) < 4.78 is 4.74. The predicted molar refractivity (Wildman–Crippen MR) is 50.9 cm³/mol. The van der Waals surface area contributed by atoms with Gasteiger partial charge < -0.3 is 4.74 Å². The first-order valence-electron chi connectivity index (χ1n) is 3.98. The molecule has 0 spiro atoms. The molecule has 0 saturated heterocycles. The molecule has 0 aromatic rings. The van der Waals surface area contributed by atoms with Gasteiger partial charge in [0.25, 0.3) is 0 Å². The highest BCUT2D eigenvalue weighted by Gasteiger charge is 2.01. The molecule has 1 aliphatic rings. The van der Waals surface area contributed by atoms with E-state index in [9.17, 15) is 4.79 Å². The minimum atomic E-state index is -0.254. The van der Waals surface area contributed by atoms with E-state index >= 15 is 0 Å². The molecule has 2 nitrogen and oxygen atoms in total. The standard InChI is InChI=1S/C9H12O2S/c1-2-11-9(10)4-3-8-5-6-12-7-8/h3-4,7H,2,5-6H2,1H3/b4-3+. The Morgan fingerprint density at radius 3 is 3.25 bits per heavy atom. The summed E-state index contributed by atoms with van der Waals surface area (Å²) in [6, 6.07) is 0. The van der Waals surface area contributed by atoms with Gasteiger partial charge in [0.15, 0.2) is 0 Å². The van der Waals surface area contributed by atoms with Crippen molar-refractivity contribution in [2.75, 3.05) is 12.4 Å². The van der Waals surface area contributed by atoms with Crippen molar-refractivity contribution in [3.05, 3.63) is 23.1 Å². The van der Waals surface area contributed by atoms with Crippen LogP contribution in [0, 0.1) is 0 Å². The molecule has 0 radical (unpaired) electrons. The van der Waals surface area contributed by atoms with Crippen LogP contribution in [-0.4, -0.2) is 18.3 Å². The summed E-state index contributed by atoms with van der Waals surface area (Å²) in [6.45, 7) is 2.24. The Morgan fingerprint density at radius 1 is 1.83 bits per heavy atom. The summed E-state index contributed by atoms with van der Waals surface area (Å²) in [6.07, 6.45) is 4.37. The topological polar surface area (TPSA) is 26.3 Å². The van der Waals surface area contributed by atoms with E-state index in [-0.39, 0.29) is 5.97 Å². The maximum Gasteiger partial charge on any atom is 0.330 e. The minimum absolute atomic E-state index is 0.254. The van der Waals surface area contributed by atoms with E-state index in [2.05, 4.69) is 5.41 Å². The molecule has 0 bridgehead atoms. The number of thioether (sulfide) groups is 1. The number of esters is 1. The largest absolute Gasteiger partial charge is 0.463 e. The third kappa shape index (κ3) is 3.13. The smallest absolute Gasteiger partial charge is 0.330 e. The zero-order valence-electron chi connectivity index (χ0n) is 7.08. The van der Waals surface area contributed by atoms with Gasteiger partial charge in [-0.3, -0.25) is 0 Å². The Morgan fingerprint density at radius 2 is 2.67 bits per heavy atom. The highest BCUT2D eigenvalue weighted by atomic mass is 32.2. The van der Waals surface area contributed by atoms with Crippen molar-refractivity contribution in [1.82, 2.24) is 0 Å². The van der Waals surface area contributed by atoms with Crippen molar-refractivity contribution >= 4 is 17.7 Å². The number of carbonyl (C=O) groups excluding carboxylic acids is 1. The van der Waals surface area contributed by atoms with Crippen molar-refractivity contribution in [1.29, 1.82) is 0 Å². The molecule has 0 N–H and O–H groups in total. The fourth-order valence-corrected chi connectivity index (χ4v) is 1.77. The lowest BCUT2D eigenvalue weighted by Gasteiger charge is -1.94. The van der Waals surface area contributed by atoms with Gasteiger partial charge in [-0.25, -0.2) is 4.79 Å². The maximum atomic E-state index is 10.9. The van der Waals surface area contributed by atoms with Gasteiger partial charge in [0.05, 0.1) is 6.61 Å². The molecule has 0 aromatic heterocycles. The van der Waals surface area contributed by atoms with Crippen molar-refractivity contribution in [3.8, 4) is 0 Å². The molecular weight excluding hydrogens is 172 g/mol. The fraction of sp³-hybridized carbons (Fsp3) is 0.444. The molecule has 0 atom stereocenters. The zero-order valence-corrected chi connectivity index (χ0v) is 7.89. The minimum Gasteiger partial charge on any atom is -0.463 e. The summed E-state index contributed by atoms with van der Waals surface area (Å²) in [5.74, 6) is 0.873. The Bertz CT molecular complexity index is 219. The normalized spacial score (nSPS) is 16.6. The predicted octanol–water partition coefficient (Wildman–Crippen LogP) is 2.13. The van der Waals surface area contributed by atoms with E-state index in [0.717, 1.165) is 12.2 Å². The van der Waals surface area contributed by atoms with Gasteiger partial charge in [-0.2, -0.15) is 0 Å². The molecule has 0 aromatic carbocycles. The summed E-state index contributed by atoms with van der Waals surface area (Å²) in [5.41, 5.74) is 1.22. The van der Waals surface area contributed by atoms with Crippen LogP contribution in [0.2, 0.25) is 0 Å². The van der Waals surface area contributed by atoms with E-state index in [0.29, 0.717) is 6.61 Å². The van der Waals surface area contributed by atoms with Crippen molar-refractivity contribution in [3.63, 3.8) is 0 Å². The van der Waals surface area contributed by atoms with Crippen LogP contribution < -0.4 is 0 Å². The molecule has 0 saturated carbocycles. The number of rotatable bonds is 3. The van der Waals surface area contributed by atoms with Gasteiger partial charge in [0, 0.05) is 11.8 Å². The summed E-state index contributed by atoms with van der Waals surface area (Å²) in [4.78, 5) is 10.9. The molecule has 1 aliphatic heterocycles. The van der Waals surface area contributed by atoms with Gasteiger partial charge in [-0.05, 0) is 24.3 Å². The second-order valence-corrected chi connectivity index (χ2v) is 3.38. The van der Waals surface area contributed by atoms with Crippen LogP contribution in [-0.2, 0) is 9.53 Å². The highest BCUT2D eigenvalue weighted by Crippen LogP contribution is 2.22.